The van der Waals surface area contributed by atoms with Crippen LogP contribution in [0, 0.1) is 11.3 Å². The zero-order chi connectivity index (χ0) is 15.9. The molecule has 0 atom stereocenters. The summed E-state index contributed by atoms with van der Waals surface area (Å²) in [6.45, 7) is 2.38. The minimum Gasteiger partial charge on any atom is -0.352 e. The van der Waals surface area contributed by atoms with Crippen molar-refractivity contribution in [2.75, 3.05) is 11.9 Å². The molecule has 2 aromatic rings. The molecule has 110 valence electrons. The molecule has 0 aliphatic rings. The summed E-state index contributed by atoms with van der Waals surface area (Å²) in [4.78, 5) is 23.9. The highest BCUT2D eigenvalue weighted by Gasteiger charge is 2.09. The van der Waals surface area contributed by atoms with Crippen LogP contribution in [0.1, 0.15) is 33.2 Å². The molecule has 0 unspecified atom stereocenters. The molecule has 0 fully saturated rings. The first-order valence-corrected chi connectivity index (χ1v) is 6.84. The monoisotopic (exact) mass is 293 g/mol. The first-order valence-electron chi connectivity index (χ1n) is 6.84. The maximum absolute atomic E-state index is 12.2. The summed E-state index contributed by atoms with van der Waals surface area (Å²) < 4.78 is 0. The predicted molar refractivity (Wildman–Crippen MR) is 83.6 cm³/mol. The first-order chi connectivity index (χ1) is 10.6. The Balaban J connectivity index is 2.16. The minimum absolute atomic E-state index is 0.190. The third kappa shape index (κ3) is 3.70. The zero-order valence-electron chi connectivity index (χ0n) is 12.1. The average molecular weight is 293 g/mol. The Kier molecular flexibility index (Phi) is 4.89. The van der Waals surface area contributed by atoms with Crippen molar-refractivity contribution in [3.8, 4) is 6.07 Å². The van der Waals surface area contributed by atoms with E-state index >= 15 is 0 Å². The number of rotatable bonds is 4. The van der Waals surface area contributed by atoms with Gasteiger partial charge in [0.05, 0.1) is 11.6 Å². The number of nitrogens with zero attached hydrogens (tertiary/aromatic N) is 1. The van der Waals surface area contributed by atoms with Gasteiger partial charge in [0.25, 0.3) is 11.8 Å². The van der Waals surface area contributed by atoms with E-state index in [1.165, 1.54) is 6.07 Å². The highest BCUT2D eigenvalue weighted by Crippen LogP contribution is 2.13. The van der Waals surface area contributed by atoms with Gasteiger partial charge >= 0.3 is 0 Å². The van der Waals surface area contributed by atoms with E-state index in [2.05, 4.69) is 10.6 Å². The van der Waals surface area contributed by atoms with Crippen molar-refractivity contribution in [1.82, 2.24) is 5.32 Å². The smallest absolute Gasteiger partial charge is 0.255 e. The van der Waals surface area contributed by atoms with Gasteiger partial charge in [0.15, 0.2) is 0 Å². The van der Waals surface area contributed by atoms with Crippen LogP contribution in [0.15, 0.2) is 48.5 Å². The molecule has 2 aromatic carbocycles. The SMILES string of the molecule is CCNC(=O)c1cccc(NC(=O)c2cccc(C#N)c2)c1. The number of nitrogens with one attached hydrogen (secondary N) is 2. The fourth-order valence-corrected chi connectivity index (χ4v) is 1.93. The van der Waals surface area contributed by atoms with Gasteiger partial charge in [0, 0.05) is 23.4 Å². The number of amides is 2. The predicted octanol–water partition coefficient (Wildman–Crippen LogP) is 2.56. The third-order valence-corrected chi connectivity index (χ3v) is 2.97. The normalized spacial score (nSPS) is 9.64. The van der Waals surface area contributed by atoms with Crippen molar-refractivity contribution in [2.24, 2.45) is 0 Å². The Morgan fingerprint density at radius 2 is 1.73 bits per heavy atom. The van der Waals surface area contributed by atoms with E-state index in [-0.39, 0.29) is 11.8 Å². The van der Waals surface area contributed by atoms with Gasteiger partial charge in [-0.3, -0.25) is 9.59 Å². The summed E-state index contributed by atoms with van der Waals surface area (Å²) in [7, 11) is 0. The van der Waals surface area contributed by atoms with Gasteiger partial charge in [-0.05, 0) is 43.3 Å². The van der Waals surface area contributed by atoms with Crippen molar-refractivity contribution >= 4 is 17.5 Å². The van der Waals surface area contributed by atoms with Gasteiger partial charge in [-0.2, -0.15) is 5.26 Å². The van der Waals surface area contributed by atoms with Crippen LogP contribution in [0.25, 0.3) is 0 Å². The number of hydrogen-bond donors (Lipinski definition) is 2. The molecule has 0 aromatic heterocycles. The van der Waals surface area contributed by atoms with E-state index < -0.39 is 0 Å². The van der Waals surface area contributed by atoms with Crippen LogP contribution < -0.4 is 10.6 Å². The lowest BCUT2D eigenvalue weighted by molar-refractivity contribution is 0.0954. The Hall–Kier alpha value is -3.13. The van der Waals surface area contributed by atoms with Crippen LogP contribution >= 0.6 is 0 Å². The molecule has 0 heterocycles. The summed E-state index contributed by atoms with van der Waals surface area (Å²) in [5, 5.41) is 14.3. The second kappa shape index (κ2) is 7.04. The number of hydrogen-bond acceptors (Lipinski definition) is 3. The molecule has 2 amide bonds. The lowest BCUT2D eigenvalue weighted by Crippen LogP contribution is -2.22. The van der Waals surface area contributed by atoms with Crippen LogP contribution in [-0.4, -0.2) is 18.4 Å². The Bertz CT molecular complexity index is 748. The number of benzene rings is 2. The van der Waals surface area contributed by atoms with E-state index in [4.69, 9.17) is 5.26 Å². The highest BCUT2D eigenvalue weighted by atomic mass is 16.2. The van der Waals surface area contributed by atoms with E-state index in [1.54, 1.807) is 42.5 Å². The molecule has 5 heteroatoms. The van der Waals surface area contributed by atoms with Gasteiger partial charge < -0.3 is 10.6 Å². The minimum atomic E-state index is -0.329. The molecule has 5 nitrogen and oxygen atoms in total. The number of nitriles is 1. The van der Waals surface area contributed by atoms with Crippen LogP contribution in [0.2, 0.25) is 0 Å². The zero-order valence-corrected chi connectivity index (χ0v) is 12.1. The van der Waals surface area contributed by atoms with Gasteiger partial charge in [0.1, 0.15) is 0 Å². The Morgan fingerprint density at radius 3 is 2.41 bits per heavy atom. The van der Waals surface area contributed by atoms with Gasteiger partial charge in [-0.15, -0.1) is 0 Å². The molecular formula is C17H15N3O2. The van der Waals surface area contributed by atoms with E-state index in [0.29, 0.717) is 28.9 Å². The van der Waals surface area contributed by atoms with Crippen molar-refractivity contribution < 1.29 is 9.59 Å². The van der Waals surface area contributed by atoms with Gasteiger partial charge in [-0.25, -0.2) is 0 Å². The summed E-state index contributed by atoms with van der Waals surface area (Å²) in [5.41, 5.74) is 1.81. The topological polar surface area (TPSA) is 82.0 Å². The summed E-state index contributed by atoms with van der Waals surface area (Å²) in [6, 6.07) is 15.1. The molecule has 0 bridgehead atoms. The Labute approximate surface area is 128 Å². The third-order valence-electron chi connectivity index (χ3n) is 2.97. The highest BCUT2D eigenvalue weighted by molar-refractivity contribution is 6.05. The maximum Gasteiger partial charge on any atom is 0.255 e. The average Bonchev–Trinajstić information content (AvgIpc) is 2.55. The standard InChI is InChI=1S/C17H15N3O2/c1-2-19-16(21)14-7-4-8-15(10-14)20-17(22)13-6-3-5-12(9-13)11-18/h3-10H,2H2,1H3,(H,19,21)(H,20,22). The number of anilines is 1. The molecule has 0 aliphatic carbocycles. The Morgan fingerprint density at radius 1 is 1.05 bits per heavy atom. The molecule has 22 heavy (non-hydrogen) atoms. The molecule has 2 rings (SSSR count). The molecule has 0 radical (unpaired) electrons. The van der Waals surface area contributed by atoms with Crippen LogP contribution in [0.3, 0.4) is 0 Å². The fraction of sp³-hybridized carbons (Fsp3) is 0.118. The van der Waals surface area contributed by atoms with Gasteiger partial charge in [0.2, 0.25) is 0 Å². The van der Waals surface area contributed by atoms with Crippen molar-refractivity contribution in [3.05, 3.63) is 65.2 Å². The van der Waals surface area contributed by atoms with Crippen molar-refractivity contribution in [3.63, 3.8) is 0 Å². The van der Waals surface area contributed by atoms with Crippen LogP contribution in [0.5, 0.6) is 0 Å². The molecule has 2 N–H and O–H groups in total. The van der Waals surface area contributed by atoms with Crippen molar-refractivity contribution in [2.45, 2.75) is 6.92 Å². The summed E-state index contributed by atoms with van der Waals surface area (Å²) >= 11 is 0. The molecular weight excluding hydrogens is 278 g/mol. The second-order valence-corrected chi connectivity index (χ2v) is 4.59. The lowest BCUT2D eigenvalue weighted by Gasteiger charge is -2.08. The fourth-order valence-electron chi connectivity index (χ4n) is 1.93. The molecule has 0 saturated heterocycles. The summed E-state index contributed by atoms with van der Waals surface area (Å²) in [5.74, 6) is -0.518. The largest absolute Gasteiger partial charge is 0.352 e. The van der Waals surface area contributed by atoms with Crippen LogP contribution in [-0.2, 0) is 0 Å². The van der Waals surface area contributed by atoms with Crippen molar-refractivity contribution in [1.29, 1.82) is 5.26 Å². The van der Waals surface area contributed by atoms with E-state index in [9.17, 15) is 9.59 Å². The first kappa shape index (κ1) is 15.3. The lowest BCUT2D eigenvalue weighted by atomic mass is 10.1. The molecule has 0 saturated carbocycles. The number of carbonyl (C=O) groups excluding carboxylic acids is 2. The van der Waals surface area contributed by atoms with Crippen LogP contribution in [0.4, 0.5) is 5.69 Å². The molecule has 0 spiro atoms. The summed E-state index contributed by atoms with van der Waals surface area (Å²) in [6.07, 6.45) is 0. The maximum atomic E-state index is 12.2. The number of carbonyl (C=O) groups is 2. The second-order valence-electron chi connectivity index (χ2n) is 4.59. The van der Waals surface area contributed by atoms with E-state index in [1.807, 2.05) is 13.0 Å². The van der Waals surface area contributed by atoms with E-state index in [0.717, 1.165) is 0 Å². The quantitative estimate of drug-likeness (QED) is 0.909. The van der Waals surface area contributed by atoms with Gasteiger partial charge in [-0.1, -0.05) is 12.1 Å². The molecule has 0 aliphatic heterocycles.